The summed E-state index contributed by atoms with van der Waals surface area (Å²) >= 11 is 0. The van der Waals surface area contributed by atoms with Crippen molar-refractivity contribution in [3.05, 3.63) is 206 Å². The summed E-state index contributed by atoms with van der Waals surface area (Å²) < 4.78 is 9.74. The van der Waals surface area contributed by atoms with Crippen molar-refractivity contribution in [2.75, 3.05) is 0 Å². The zero-order chi connectivity index (χ0) is 37.9. The molecule has 4 heteroatoms. The van der Waals surface area contributed by atoms with Crippen molar-refractivity contribution in [1.29, 1.82) is 0 Å². The lowest BCUT2D eigenvalue weighted by Crippen LogP contribution is -1.97. The van der Waals surface area contributed by atoms with Gasteiger partial charge in [0.2, 0.25) is 0 Å². The highest BCUT2D eigenvalue weighted by molar-refractivity contribution is 6.26. The summed E-state index contributed by atoms with van der Waals surface area (Å²) in [5, 5.41) is 9.96. The Labute approximate surface area is 333 Å². The average molecular weight is 739 g/mol. The number of hydrogen-bond acceptors (Lipinski definition) is 0. The summed E-state index contributed by atoms with van der Waals surface area (Å²) in [5.74, 6) is 0. The second-order valence-electron chi connectivity index (χ2n) is 15.3. The van der Waals surface area contributed by atoms with E-state index in [1.54, 1.807) is 0 Å². The Morgan fingerprint density at radius 3 is 1.12 bits per heavy atom. The van der Waals surface area contributed by atoms with Gasteiger partial charge in [-0.05, 0) is 91.0 Å². The van der Waals surface area contributed by atoms with E-state index in [1.165, 1.54) is 87.2 Å². The first-order valence-electron chi connectivity index (χ1n) is 20.0. The van der Waals surface area contributed by atoms with E-state index in [1.807, 2.05) is 0 Å². The first kappa shape index (κ1) is 31.4. The van der Waals surface area contributed by atoms with E-state index >= 15 is 0 Å². The van der Waals surface area contributed by atoms with E-state index in [9.17, 15) is 0 Å². The molecule has 0 bridgehead atoms. The summed E-state index contributed by atoms with van der Waals surface area (Å²) in [7, 11) is 0. The van der Waals surface area contributed by atoms with Crippen LogP contribution in [0.1, 0.15) is 0 Å². The summed E-state index contributed by atoms with van der Waals surface area (Å²) in [4.78, 5) is 0. The Morgan fingerprint density at radius 2 is 0.569 bits per heavy atom. The van der Waals surface area contributed by atoms with Gasteiger partial charge in [0.25, 0.3) is 0 Å². The van der Waals surface area contributed by atoms with E-state index in [-0.39, 0.29) is 0 Å². The van der Waals surface area contributed by atoms with Crippen LogP contribution in [0.4, 0.5) is 0 Å². The molecule has 0 saturated carbocycles. The molecule has 0 aliphatic carbocycles. The van der Waals surface area contributed by atoms with Crippen molar-refractivity contribution in [2.24, 2.45) is 0 Å². The number of para-hydroxylation sites is 6. The Morgan fingerprint density at radius 1 is 0.207 bits per heavy atom. The molecule has 4 aromatic heterocycles. The van der Waals surface area contributed by atoms with Crippen LogP contribution < -0.4 is 0 Å². The average Bonchev–Trinajstić information content (AvgIpc) is 4.01. The van der Waals surface area contributed by atoms with Crippen LogP contribution in [0.25, 0.3) is 110 Å². The van der Waals surface area contributed by atoms with Crippen LogP contribution in [0, 0.1) is 0 Å². The van der Waals surface area contributed by atoms with Crippen molar-refractivity contribution in [3.63, 3.8) is 0 Å². The molecule has 13 aromatic rings. The number of rotatable bonds is 4. The summed E-state index contributed by atoms with van der Waals surface area (Å²) in [6.45, 7) is 0. The van der Waals surface area contributed by atoms with Gasteiger partial charge in [0.1, 0.15) is 0 Å². The third-order valence-corrected chi connectivity index (χ3v) is 12.3. The van der Waals surface area contributed by atoms with Gasteiger partial charge in [0.15, 0.2) is 0 Å². The van der Waals surface area contributed by atoms with E-state index < -0.39 is 0 Å². The molecule has 0 spiro atoms. The summed E-state index contributed by atoms with van der Waals surface area (Å²) in [6.07, 6.45) is 0. The predicted molar refractivity (Wildman–Crippen MR) is 244 cm³/mol. The molecule has 0 aliphatic rings. The maximum atomic E-state index is 2.50. The number of benzene rings is 9. The molecule has 0 radical (unpaired) electrons. The van der Waals surface area contributed by atoms with Gasteiger partial charge >= 0.3 is 0 Å². The molecule has 0 aliphatic heterocycles. The van der Waals surface area contributed by atoms with Gasteiger partial charge in [-0.15, -0.1) is 0 Å². The largest absolute Gasteiger partial charge is 0.309 e. The summed E-state index contributed by atoms with van der Waals surface area (Å²) in [6, 6.07) is 75.4. The fourth-order valence-corrected chi connectivity index (χ4v) is 9.97. The maximum absolute atomic E-state index is 2.50. The molecule has 0 fully saturated rings. The first-order valence-corrected chi connectivity index (χ1v) is 20.0. The van der Waals surface area contributed by atoms with Gasteiger partial charge in [0, 0.05) is 65.8 Å². The lowest BCUT2D eigenvalue weighted by molar-refractivity contribution is 1.16. The zero-order valence-electron chi connectivity index (χ0n) is 31.4. The predicted octanol–water partition coefficient (Wildman–Crippen LogP) is 14.1. The smallest absolute Gasteiger partial charge is 0.0641 e. The van der Waals surface area contributed by atoms with Crippen LogP contribution in [-0.4, -0.2) is 18.3 Å². The molecule has 0 atom stereocenters. The number of aromatic nitrogens is 4. The molecule has 13 rings (SSSR count). The fraction of sp³-hybridized carbons (Fsp3) is 0. The van der Waals surface area contributed by atoms with E-state index in [0.29, 0.717) is 0 Å². The molecule has 270 valence electrons. The van der Waals surface area contributed by atoms with Crippen molar-refractivity contribution in [2.45, 2.75) is 0 Å². The molecule has 0 amide bonds. The monoisotopic (exact) mass is 738 g/mol. The van der Waals surface area contributed by atoms with Gasteiger partial charge in [-0.25, -0.2) is 0 Å². The Kier molecular flexibility index (Phi) is 6.41. The van der Waals surface area contributed by atoms with Crippen LogP contribution in [-0.2, 0) is 0 Å². The minimum Gasteiger partial charge on any atom is -0.309 e. The van der Waals surface area contributed by atoms with Gasteiger partial charge in [-0.2, -0.15) is 0 Å². The second-order valence-corrected chi connectivity index (χ2v) is 15.3. The third-order valence-electron chi connectivity index (χ3n) is 12.3. The van der Waals surface area contributed by atoms with Crippen molar-refractivity contribution in [1.82, 2.24) is 18.3 Å². The van der Waals surface area contributed by atoms with Crippen LogP contribution in [0.3, 0.4) is 0 Å². The molecule has 0 unspecified atom stereocenters. The third kappa shape index (κ3) is 4.23. The Hall–Kier alpha value is -7.82. The highest BCUT2D eigenvalue weighted by Crippen LogP contribution is 2.43. The van der Waals surface area contributed by atoms with Gasteiger partial charge in [-0.1, -0.05) is 115 Å². The molecule has 58 heavy (non-hydrogen) atoms. The number of fused-ring (bicyclic) bond motifs is 13. The number of hydrogen-bond donors (Lipinski definition) is 0. The fourth-order valence-electron chi connectivity index (χ4n) is 9.97. The van der Waals surface area contributed by atoms with E-state index in [2.05, 4.69) is 225 Å². The van der Waals surface area contributed by atoms with Gasteiger partial charge < -0.3 is 18.3 Å². The molecular weight excluding hydrogens is 705 g/mol. The maximum Gasteiger partial charge on any atom is 0.0641 e. The zero-order valence-corrected chi connectivity index (χ0v) is 31.4. The van der Waals surface area contributed by atoms with Crippen LogP contribution in [0.2, 0.25) is 0 Å². The molecule has 9 aromatic carbocycles. The van der Waals surface area contributed by atoms with Crippen LogP contribution in [0.15, 0.2) is 206 Å². The van der Waals surface area contributed by atoms with E-state index in [4.69, 9.17) is 0 Å². The molecule has 4 heterocycles. The van der Waals surface area contributed by atoms with Crippen molar-refractivity contribution >= 4 is 87.2 Å². The first-order chi connectivity index (χ1) is 28.8. The van der Waals surface area contributed by atoms with Crippen molar-refractivity contribution in [3.8, 4) is 22.7 Å². The lowest BCUT2D eigenvalue weighted by Gasteiger charge is -2.12. The normalized spacial score (nSPS) is 12.1. The minimum absolute atomic E-state index is 1.15. The lowest BCUT2D eigenvalue weighted by atomic mass is 10.1. The molecule has 4 nitrogen and oxygen atoms in total. The Bertz CT molecular complexity index is 3780. The molecule has 0 N–H and O–H groups in total. The SMILES string of the molecule is c1ccc(-n2c3ccccc3c3cc(-n4c5ccccc5c5cc(-n6c7ccccc7c7ccc8c(c9ccccc9n8-c8ccccc8)c76)ccc54)ccc32)cc1. The van der Waals surface area contributed by atoms with Crippen LogP contribution >= 0.6 is 0 Å². The summed E-state index contributed by atoms with van der Waals surface area (Å²) in [5.41, 5.74) is 14.2. The van der Waals surface area contributed by atoms with Gasteiger partial charge in [-0.3, -0.25) is 0 Å². The minimum atomic E-state index is 1.15. The second kappa shape index (κ2) is 11.8. The molecule has 0 saturated heterocycles. The van der Waals surface area contributed by atoms with Crippen molar-refractivity contribution < 1.29 is 0 Å². The van der Waals surface area contributed by atoms with Crippen LogP contribution in [0.5, 0.6) is 0 Å². The number of nitrogens with zero attached hydrogens (tertiary/aromatic N) is 4. The highest BCUT2D eigenvalue weighted by Gasteiger charge is 2.22. The highest BCUT2D eigenvalue weighted by atomic mass is 15.0. The topological polar surface area (TPSA) is 19.7 Å². The molecular formula is C54H34N4. The quantitative estimate of drug-likeness (QED) is 0.171. The Balaban J connectivity index is 1.09. The standard InChI is InChI=1S/C54H34N4/c1-3-15-35(16-4-1)55-46-23-11-8-20-40(46)44-33-37(27-30-50(44)55)57-47-24-12-9-21-41(47)45-34-38(28-31-51(45)57)58-48-25-13-7-19-39(48)42-29-32-52-53(54(42)58)43-22-10-14-26-49(43)56(52)36-17-5-2-6-18-36/h1-34H. The van der Waals surface area contributed by atoms with E-state index in [0.717, 1.165) is 22.7 Å². The van der Waals surface area contributed by atoms with Gasteiger partial charge in [0.05, 0.1) is 44.1 Å².